The van der Waals surface area contributed by atoms with Crippen LogP contribution in [0.2, 0.25) is 0 Å². The molecule has 2 atom stereocenters. The molecule has 1 aliphatic carbocycles. The van der Waals surface area contributed by atoms with Crippen molar-refractivity contribution in [2.45, 2.75) is 43.2 Å². The molecule has 1 aliphatic rings. The molecule has 1 saturated carbocycles. The van der Waals surface area contributed by atoms with Gasteiger partial charge in [-0.15, -0.1) is 0 Å². The van der Waals surface area contributed by atoms with E-state index < -0.39 is 0 Å². The Bertz CT molecular complexity index is 337. The maximum Gasteiger partial charge on any atom is 0.119 e. The lowest BCUT2D eigenvalue weighted by Gasteiger charge is -2.28. The van der Waals surface area contributed by atoms with E-state index in [1.54, 1.807) is 7.11 Å². The summed E-state index contributed by atoms with van der Waals surface area (Å²) in [6, 6.07) is 8.29. The van der Waals surface area contributed by atoms with Gasteiger partial charge >= 0.3 is 0 Å². The molecule has 0 bridgehead atoms. The maximum atomic E-state index is 5.99. The molecule has 0 aromatic heterocycles. The minimum Gasteiger partial charge on any atom is -0.490 e. The number of rotatable bonds is 4. The molecule has 0 N–H and O–H groups in total. The SMILES string of the molecule is COC1CCCC(Oc2ccc(CBr)cc2)C1. The van der Waals surface area contributed by atoms with Gasteiger partial charge in [0.05, 0.1) is 6.10 Å². The first kappa shape index (κ1) is 12.9. The smallest absolute Gasteiger partial charge is 0.119 e. The van der Waals surface area contributed by atoms with Crippen LogP contribution in [0.15, 0.2) is 24.3 Å². The topological polar surface area (TPSA) is 18.5 Å². The van der Waals surface area contributed by atoms with E-state index in [9.17, 15) is 0 Å². The van der Waals surface area contributed by atoms with Crippen LogP contribution in [0.1, 0.15) is 31.2 Å². The monoisotopic (exact) mass is 298 g/mol. The van der Waals surface area contributed by atoms with E-state index >= 15 is 0 Å². The van der Waals surface area contributed by atoms with Gasteiger partial charge in [0, 0.05) is 18.9 Å². The van der Waals surface area contributed by atoms with Gasteiger partial charge in [-0.1, -0.05) is 28.1 Å². The van der Waals surface area contributed by atoms with Crippen molar-refractivity contribution >= 4 is 15.9 Å². The number of halogens is 1. The van der Waals surface area contributed by atoms with Crippen LogP contribution in [0.3, 0.4) is 0 Å². The van der Waals surface area contributed by atoms with Gasteiger partial charge in [0.15, 0.2) is 0 Å². The minimum absolute atomic E-state index is 0.309. The zero-order valence-corrected chi connectivity index (χ0v) is 11.8. The molecule has 0 saturated heterocycles. The molecule has 2 nitrogen and oxygen atoms in total. The lowest BCUT2D eigenvalue weighted by Crippen LogP contribution is -2.29. The third kappa shape index (κ3) is 3.71. The quantitative estimate of drug-likeness (QED) is 0.785. The van der Waals surface area contributed by atoms with Crippen LogP contribution in [-0.2, 0) is 10.1 Å². The summed E-state index contributed by atoms with van der Waals surface area (Å²) in [5.74, 6) is 0.969. The number of benzene rings is 1. The second kappa shape index (κ2) is 6.41. The summed E-state index contributed by atoms with van der Waals surface area (Å²) in [6.45, 7) is 0. The fraction of sp³-hybridized carbons (Fsp3) is 0.571. The molecule has 3 heteroatoms. The van der Waals surface area contributed by atoms with Crippen LogP contribution in [0.4, 0.5) is 0 Å². The fourth-order valence-electron chi connectivity index (χ4n) is 2.27. The predicted octanol–water partition coefficient (Wildman–Crippen LogP) is 3.92. The van der Waals surface area contributed by atoms with Crippen molar-refractivity contribution in [2.75, 3.05) is 7.11 Å². The Hall–Kier alpha value is -0.540. The van der Waals surface area contributed by atoms with Gasteiger partial charge in [-0.3, -0.25) is 0 Å². The molecule has 0 spiro atoms. The highest BCUT2D eigenvalue weighted by Crippen LogP contribution is 2.25. The van der Waals surface area contributed by atoms with Crippen molar-refractivity contribution < 1.29 is 9.47 Å². The maximum absolute atomic E-state index is 5.99. The normalized spacial score (nSPS) is 24.6. The van der Waals surface area contributed by atoms with Gasteiger partial charge in [0.2, 0.25) is 0 Å². The van der Waals surface area contributed by atoms with Crippen molar-refractivity contribution in [2.24, 2.45) is 0 Å². The third-order valence-electron chi connectivity index (χ3n) is 3.29. The average Bonchev–Trinajstić information content (AvgIpc) is 2.40. The number of hydrogen-bond acceptors (Lipinski definition) is 2. The van der Waals surface area contributed by atoms with E-state index in [2.05, 4.69) is 28.1 Å². The van der Waals surface area contributed by atoms with Gasteiger partial charge in [-0.05, 0) is 37.0 Å². The highest BCUT2D eigenvalue weighted by Gasteiger charge is 2.22. The molecule has 1 aromatic carbocycles. The van der Waals surface area contributed by atoms with Crippen LogP contribution in [-0.4, -0.2) is 19.3 Å². The zero-order chi connectivity index (χ0) is 12.1. The summed E-state index contributed by atoms with van der Waals surface area (Å²) in [7, 11) is 1.79. The minimum atomic E-state index is 0.309. The highest BCUT2D eigenvalue weighted by atomic mass is 79.9. The van der Waals surface area contributed by atoms with Crippen molar-refractivity contribution in [3.63, 3.8) is 0 Å². The number of hydrogen-bond donors (Lipinski definition) is 0. The van der Waals surface area contributed by atoms with Gasteiger partial charge < -0.3 is 9.47 Å². The molecule has 2 rings (SSSR count). The van der Waals surface area contributed by atoms with E-state index in [0.29, 0.717) is 12.2 Å². The summed E-state index contributed by atoms with van der Waals surface area (Å²) in [5.41, 5.74) is 1.27. The van der Waals surface area contributed by atoms with Crippen molar-refractivity contribution in [1.82, 2.24) is 0 Å². The standard InChI is InChI=1S/C14H19BrO2/c1-16-13-3-2-4-14(9-13)17-12-7-5-11(10-15)6-8-12/h5-8,13-14H,2-4,9-10H2,1H3. The van der Waals surface area contributed by atoms with Crippen LogP contribution < -0.4 is 4.74 Å². The Labute approximate surface area is 111 Å². The summed E-state index contributed by atoms with van der Waals surface area (Å²) < 4.78 is 11.4. The number of ether oxygens (including phenoxy) is 2. The number of methoxy groups -OCH3 is 1. The Morgan fingerprint density at radius 1 is 1.18 bits per heavy atom. The first-order chi connectivity index (χ1) is 8.31. The molecular weight excluding hydrogens is 280 g/mol. The molecular formula is C14H19BrO2. The molecule has 94 valence electrons. The van der Waals surface area contributed by atoms with E-state index in [1.165, 1.54) is 18.4 Å². The van der Waals surface area contributed by atoms with E-state index in [4.69, 9.17) is 9.47 Å². The van der Waals surface area contributed by atoms with Crippen molar-refractivity contribution in [3.05, 3.63) is 29.8 Å². The van der Waals surface area contributed by atoms with Crippen LogP contribution in [0.5, 0.6) is 5.75 Å². The fourth-order valence-corrected chi connectivity index (χ4v) is 2.65. The van der Waals surface area contributed by atoms with Gasteiger partial charge in [0.25, 0.3) is 0 Å². The van der Waals surface area contributed by atoms with Gasteiger partial charge in [-0.25, -0.2) is 0 Å². The summed E-state index contributed by atoms with van der Waals surface area (Å²) in [4.78, 5) is 0. The van der Waals surface area contributed by atoms with Crippen molar-refractivity contribution in [3.8, 4) is 5.75 Å². The van der Waals surface area contributed by atoms with E-state index in [-0.39, 0.29) is 0 Å². The Balaban J connectivity index is 1.90. The van der Waals surface area contributed by atoms with Gasteiger partial charge in [0.1, 0.15) is 11.9 Å². The summed E-state index contributed by atoms with van der Waals surface area (Å²) in [6.07, 6.45) is 5.19. The Morgan fingerprint density at radius 3 is 2.53 bits per heavy atom. The molecule has 2 unspecified atom stereocenters. The van der Waals surface area contributed by atoms with Gasteiger partial charge in [-0.2, -0.15) is 0 Å². The molecule has 0 heterocycles. The zero-order valence-electron chi connectivity index (χ0n) is 10.2. The second-order valence-corrected chi connectivity index (χ2v) is 5.10. The highest BCUT2D eigenvalue weighted by molar-refractivity contribution is 9.08. The van der Waals surface area contributed by atoms with Crippen molar-refractivity contribution in [1.29, 1.82) is 0 Å². The van der Waals surface area contributed by atoms with Crippen LogP contribution in [0.25, 0.3) is 0 Å². The molecule has 1 aromatic rings. The van der Waals surface area contributed by atoms with Crippen LogP contribution in [0, 0.1) is 0 Å². The third-order valence-corrected chi connectivity index (χ3v) is 3.94. The molecule has 17 heavy (non-hydrogen) atoms. The second-order valence-electron chi connectivity index (χ2n) is 4.54. The number of alkyl halides is 1. The first-order valence-electron chi connectivity index (χ1n) is 6.16. The summed E-state index contributed by atoms with van der Waals surface area (Å²) >= 11 is 3.44. The lowest BCUT2D eigenvalue weighted by molar-refractivity contribution is 0.0209. The van der Waals surface area contributed by atoms with E-state index in [0.717, 1.165) is 23.9 Å². The lowest BCUT2D eigenvalue weighted by atomic mass is 9.95. The molecule has 0 radical (unpaired) electrons. The molecule has 1 fully saturated rings. The van der Waals surface area contributed by atoms with E-state index in [1.807, 2.05) is 12.1 Å². The first-order valence-corrected chi connectivity index (χ1v) is 7.28. The van der Waals surface area contributed by atoms with Crippen LogP contribution >= 0.6 is 15.9 Å². The Kier molecular flexibility index (Phi) is 4.86. The molecule has 0 amide bonds. The summed E-state index contributed by atoms with van der Waals surface area (Å²) in [5, 5.41) is 0.891. The largest absolute Gasteiger partial charge is 0.490 e. The molecule has 0 aliphatic heterocycles. The Morgan fingerprint density at radius 2 is 1.88 bits per heavy atom. The average molecular weight is 299 g/mol. The predicted molar refractivity (Wildman–Crippen MR) is 72.8 cm³/mol.